The summed E-state index contributed by atoms with van der Waals surface area (Å²) >= 11 is 4.95. The van der Waals surface area contributed by atoms with Crippen LogP contribution in [-0.4, -0.2) is 58.4 Å². The zero-order chi connectivity index (χ0) is 25.9. The average molecular weight is 588 g/mol. The zero-order valence-corrected chi connectivity index (χ0v) is 23.5. The van der Waals surface area contributed by atoms with Crippen molar-refractivity contribution in [2.24, 2.45) is 0 Å². The number of benzene rings is 3. The van der Waals surface area contributed by atoms with Crippen molar-refractivity contribution in [2.75, 3.05) is 43.4 Å². The maximum absolute atomic E-state index is 13.6. The van der Waals surface area contributed by atoms with Crippen molar-refractivity contribution < 1.29 is 13.2 Å². The van der Waals surface area contributed by atoms with Crippen LogP contribution in [0.15, 0.2) is 82.2 Å². The van der Waals surface area contributed by atoms with E-state index in [1.54, 1.807) is 41.3 Å². The van der Waals surface area contributed by atoms with Gasteiger partial charge >= 0.3 is 0 Å². The summed E-state index contributed by atoms with van der Waals surface area (Å²) < 4.78 is 29.4. The predicted molar refractivity (Wildman–Crippen MR) is 151 cm³/mol. The lowest BCUT2D eigenvalue weighted by molar-refractivity contribution is 0.0986. The number of thiazole rings is 1. The van der Waals surface area contributed by atoms with E-state index in [4.69, 9.17) is 4.98 Å². The van der Waals surface area contributed by atoms with Crippen LogP contribution >= 0.6 is 27.3 Å². The standard InChI is InChI=1S/C26H27BrN4O3S2/c1-29(2)16-7-17-31(26-28-23-15-12-20(27)18-24(23)35-26)25(32)19-10-13-22(14-11-19)36(33,34)30(3)21-8-5-4-6-9-21/h4-6,8-15,18H,7,16-17H2,1-3H3. The highest BCUT2D eigenvalue weighted by Gasteiger charge is 2.24. The summed E-state index contributed by atoms with van der Waals surface area (Å²) in [4.78, 5) is 22.2. The average Bonchev–Trinajstić information content (AvgIpc) is 3.29. The summed E-state index contributed by atoms with van der Waals surface area (Å²) in [7, 11) is 1.74. The highest BCUT2D eigenvalue weighted by Crippen LogP contribution is 2.32. The number of carbonyl (C=O) groups excluding carboxylic acids is 1. The first-order valence-electron chi connectivity index (χ1n) is 11.3. The van der Waals surface area contributed by atoms with Crippen molar-refractivity contribution in [1.82, 2.24) is 9.88 Å². The van der Waals surface area contributed by atoms with Crippen LogP contribution in [0, 0.1) is 0 Å². The largest absolute Gasteiger partial charge is 0.309 e. The number of hydrogen-bond acceptors (Lipinski definition) is 6. The molecule has 1 heterocycles. The van der Waals surface area contributed by atoms with Gasteiger partial charge in [0.15, 0.2) is 5.13 Å². The Morgan fingerprint density at radius 3 is 2.31 bits per heavy atom. The maximum atomic E-state index is 13.6. The van der Waals surface area contributed by atoms with E-state index in [0.29, 0.717) is 22.9 Å². The first kappa shape index (κ1) is 26.3. The van der Waals surface area contributed by atoms with Gasteiger partial charge in [0.1, 0.15) is 0 Å². The molecule has 4 aromatic rings. The molecule has 0 saturated carbocycles. The van der Waals surface area contributed by atoms with Crippen molar-refractivity contribution in [3.63, 3.8) is 0 Å². The molecule has 0 N–H and O–H groups in total. The number of amides is 1. The minimum atomic E-state index is -3.76. The van der Waals surface area contributed by atoms with E-state index in [0.717, 1.165) is 27.7 Å². The summed E-state index contributed by atoms with van der Waals surface area (Å²) in [5.41, 5.74) is 1.79. The van der Waals surface area contributed by atoms with Crippen molar-refractivity contribution >= 4 is 64.2 Å². The molecule has 0 fully saturated rings. The van der Waals surface area contributed by atoms with Crippen LogP contribution in [0.4, 0.5) is 10.8 Å². The van der Waals surface area contributed by atoms with E-state index < -0.39 is 10.0 Å². The van der Waals surface area contributed by atoms with Gasteiger partial charge in [0.2, 0.25) is 0 Å². The molecule has 0 unspecified atom stereocenters. The maximum Gasteiger partial charge on any atom is 0.264 e. The number of nitrogens with zero attached hydrogens (tertiary/aromatic N) is 4. The predicted octanol–water partition coefficient (Wildman–Crippen LogP) is 5.48. The van der Waals surface area contributed by atoms with E-state index in [1.165, 1.54) is 34.8 Å². The van der Waals surface area contributed by atoms with Crippen molar-refractivity contribution in [3.05, 3.63) is 82.8 Å². The van der Waals surface area contributed by atoms with Crippen LogP contribution in [0.25, 0.3) is 10.2 Å². The summed E-state index contributed by atoms with van der Waals surface area (Å²) in [6.45, 7) is 1.32. The number of para-hydroxylation sites is 1. The molecule has 0 aliphatic rings. The van der Waals surface area contributed by atoms with Crippen molar-refractivity contribution in [2.45, 2.75) is 11.3 Å². The quantitative estimate of drug-likeness (QED) is 0.259. The molecule has 4 rings (SSSR count). The Morgan fingerprint density at radius 1 is 0.944 bits per heavy atom. The Kier molecular flexibility index (Phi) is 8.09. The number of hydrogen-bond donors (Lipinski definition) is 0. The van der Waals surface area contributed by atoms with Gasteiger partial charge in [-0.05, 0) is 81.7 Å². The SMILES string of the molecule is CN(C)CCCN(C(=O)c1ccc(S(=O)(=O)N(C)c2ccccc2)cc1)c1nc2ccc(Br)cc2s1. The van der Waals surface area contributed by atoms with Gasteiger partial charge in [0, 0.05) is 23.6 Å². The monoisotopic (exact) mass is 586 g/mol. The molecule has 7 nitrogen and oxygen atoms in total. The minimum absolute atomic E-state index is 0.120. The third-order valence-electron chi connectivity index (χ3n) is 5.68. The first-order chi connectivity index (χ1) is 17.2. The number of fused-ring (bicyclic) bond motifs is 1. The number of halogens is 1. The first-order valence-corrected chi connectivity index (χ1v) is 14.4. The van der Waals surface area contributed by atoms with Gasteiger partial charge in [0.25, 0.3) is 15.9 Å². The fourth-order valence-electron chi connectivity index (χ4n) is 3.69. The molecule has 0 spiro atoms. The van der Waals surface area contributed by atoms with Crippen molar-refractivity contribution in [1.29, 1.82) is 0 Å². The second-order valence-corrected chi connectivity index (χ2v) is 12.4. The molecule has 0 radical (unpaired) electrons. The molecule has 0 aliphatic carbocycles. The van der Waals surface area contributed by atoms with E-state index in [-0.39, 0.29) is 10.8 Å². The second kappa shape index (κ2) is 11.1. The molecule has 1 aromatic heterocycles. The molecule has 0 bridgehead atoms. The Hall–Kier alpha value is -2.79. The fraction of sp³-hybridized carbons (Fsp3) is 0.231. The third-order valence-corrected chi connectivity index (χ3v) is 9.02. The third kappa shape index (κ3) is 5.78. The van der Waals surface area contributed by atoms with Crippen LogP contribution in [0.3, 0.4) is 0 Å². The number of aromatic nitrogens is 1. The minimum Gasteiger partial charge on any atom is -0.309 e. The molecule has 36 heavy (non-hydrogen) atoms. The summed E-state index contributed by atoms with van der Waals surface area (Å²) in [6.07, 6.45) is 0.771. The van der Waals surface area contributed by atoms with Gasteiger partial charge < -0.3 is 4.90 Å². The lowest BCUT2D eigenvalue weighted by Gasteiger charge is -2.22. The highest BCUT2D eigenvalue weighted by atomic mass is 79.9. The molecule has 0 aliphatic heterocycles. The Morgan fingerprint density at radius 2 is 1.64 bits per heavy atom. The highest BCUT2D eigenvalue weighted by molar-refractivity contribution is 9.10. The number of carbonyl (C=O) groups is 1. The van der Waals surface area contributed by atoms with Crippen molar-refractivity contribution in [3.8, 4) is 0 Å². The molecule has 0 atom stereocenters. The molecular weight excluding hydrogens is 560 g/mol. The Balaban J connectivity index is 1.61. The lowest BCUT2D eigenvalue weighted by atomic mass is 10.2. The van der Waals surface area contributed by atoms with Gasteiger partial charge in [-0.25, -0.2) is 13.4 Å². The number of anilines is 2. The number of sulfonamides is 1. The fourth-order valence-corrected chi connectivity index (χ4v) is 6.43. The summed E-state index contributed by atoms with van der Waals surface area (Å²) in [5.74, 6) is -0.216. The van der Waals surface area contributed by atoms with Gasteiger partial charge in [-0.2, -0.15) is 0 Å². The molecule has 0 saturated heterocycles. The van der Waals surface area contributed by atoms with Crippen LogP contribution in [0.2, 0.25) is 0 Å². The van der Waals surface area contributed by atoms with E-state index >= 15 is 0 Å². The summed E-state index contributed by atoms with van der Waals surface area (Å²) in [6, 6.07) is 20.8. The van der Waals surface area contributed by atoms with Gasteiger partial charge in [-0.1, -0.05) is 45.5 Å². The molecule has 3 aromatic carbocycles. The molecule has 1 amide bonds. The lowest BCUT2D eigenvalue weighted by Crippen LogP contribution is -2.33. The van der Waals surface area contributed by atoms with Crippen LogP contribution in [0.1, 0.15) is 16.8 Å². The normalized spacial score (nSPS) is 11.7. The Bertz CT molecular complexity index is 1460. The molecule has 10 heteroatoms. The number of rotatable bonds is 9. The summed E-state index contributed by atoms with van der Waals surface area (Å²) in [5, 5.41) is 0.618. The molecule has 188 valence electrons. The van der Waals surface area contributed by atoms with E-state index in [2.05, 4.69) is 20.8 Å². The van der Waals surface area contributed by atoms with Gasteiger partial charge in [-0.15, -0.1) is 0 Å². The van der Waals surface area contributed by atoms with Gasteiger partial charge in [-0.3, -0.25) is 14.0 Å². The Labute approximate surface area is 224 Å². The topological polar surface area (TPSA) is 73.8 Å². The van der Waals surface area contributed by atoms with E-state index in [1.807, 2.05) is 38.4 Å². The van der Waals surface area contributed by atoms with Crippen LogP contribution in [0.5, 0.6) is 0 Å². The van der Waals surface area contributed by atoms with Gasteiger partial charge in [0.05, 0.1) is 20.8 Å². The second-order valence-electron chi connectivity index (χ2n) is 8.55. The van der Waals surface area contributed by atoms with Crippen LogP contribution in [-0.2, 0) is 10.0 Å². The zero-order valence-electron chi connectivity index (χ0n) is 20.3. The van der Waals surface area contributed by atoms with E-state index in [9.17, 15) is 13.2 Å². The smallest absolute Gasteiger partial charge is 0.264 e. The van der Waals surface area contributed by atoms with Crippen LogP contribution < -0.4 is 9.21 Å². The molecular formula is C26H27BrN4O3S2.